The maximum absolute atomic E-state index is 13.0. The molecule has 1 aromatic carbocycles. The lowest BCUT2D eigenvalue weighted by molar-refractivity contribution is -0.121. The minimum Gasteiger partial charge on any atom is -0.340 e. The zero-order valence-corrected chi connectivity index (χ0v) is 12.6. The van der Waals surface area contributed by atoms with Crippen molar-refractivity contribution in [3.63, 3.8) is 0 Å². The molecule has 1 aliphatic heterocycles. The third kappa shape index (κ3) is 2.43. The topological polar surface area (TPSA) is 49.4 Å². The summed E-state index contributed by atoms with van der Waals surface area (Å²) in [4.78, 5) is 27.3. The molecule has 1 aromatic rings. The third-order valence-electron chi connectivity index (χ3n) is 4.55. The predicted octanol–water partition coefficient (Wildman–Crippen LogP) is 2.73. The van der Waals surface area contributed by atoms with E-state index in [1.165, 1.54) is 0 Å². The number of para-hydroxylation sites is 1. The Morgan fingerprint density at radius 3 is 2.48 bits per heavy atom. The van der Waals surface area contributed by atoms with Crippen LogP contribution in [-0.4, -0.2) is 23.9 Å². The molecule has 1 fully saturated rings. The zero-order valence-electron chi connectivity index (χ0n) is 12.6. The fourth-order valence-electron chi connectivity index (χ4n) is 3.42. The first-order chi connectivity index (χ1) is 10.1. The second-order valence-corrected chi connectivity index (χ2v) is 6.36. The quantitative estimate of drug-likeness (QED) is 0.908. The van der Waals surface area contributed by atoms with Crippen LogP contribution in [0.3, 0.4) is 0 Å². The summed E-state index contributed by atoms with van der Waals surface area (Å²) < 4.78 is 0. The number of amides is 2. The number of carbonyl (C=O) groups is 2. The Labute approximate surface area is 125 Å². The molecule has 2 amide bonds. The van der Waals surface area contributed by atoms with Crippen molar-refractivity contribution in [2.24, 2.45) is 5.92 Å². The van der Waals surface area contributed by atoms with E-state index in [4.69, 9.17) is 0 Å². The number of hydrogen-bond acceptors (Lipinski definition) is 2. The lowest BCUT2D eigenvalue weighted by atomic mass is 10.0. The molecule has 1 heterocycles. The molecule has 2 aliphatic rings. The SMILES string of the molecule is CC(C)C1NC(=O)c2ccccc2N(C2CCCC2)C1=O. The lowest BCUT2D eigenvalue weighted by Crippen LogP contribution is -2.51. The van der Waals surface area contributed by atoms with Crippen molar-refractivity contribution in [2.45, 2.75) is 51.6 Å². The van der Waals surface area contributed by atoms with Crippen LogP contribution in [0.4, 0.5) is 5.69 Å². The largest absolute Gasteiger partial charge is 0.340 e. The van der Waals surface area contributed by atoms with Gasteiger partial charge in [0, 0.05) is 6.04 Å². The van der Waals surface area contributed by atoms with Gasteiger partial charge in [-0.05, 0) is 30.9 Å². The number of nitrogens with zero attached hydrogens (tertiary/aromatic N) is 1. The molecular formula is C17H22N2O2. The average molecular weight is 286 g/mol. The van der Waals surface area contributed by atoms with Gasteiger partial charge in [0.15, 0.2) is 0 Å². The van der Waals surface area contributed by atoms with Crippen LogP contribution in [0.2, 0.25) is 0 Å². The summed E-state index contributed by atoms with van der Waals surface area (Å²) in [5.74, 6) is -0.0204. The summed E-state index contributed by atoms with van der Waals surface area (Å²) in [7, 11) is 0. The fraction of sp³-hybridized carbons (Fsp3) is 0.529. The Balaban J connectivity index is 2.09. The summed E-state index contributed by atoms with van der Waals surface area (Å²) >= 11 is 0. The Morgan fingerprint density at radius 2 is 1.81 bits per heavy atom. The molecule has 1 unspecified atom stereocenters. The first-order valence-electron chi connectivity index (χ1n) is 7.82. The van der Waals surface area contributed by atoms with Gasteiger partial charge in [0.25, 0.3) is 5.91 Å². The number of fused-ring (bicyclic) bond motifs is 1. The van der Waals surface area contributed by atoms with Crippen LogP contribution in [-0.2, 0) is 4.79 Å². The van der Waals surface area contributed by atoms with Crippen molar-refractivity contribution in [1.82, 2.24) is 5.32 Å². The van der Waals surface area contributed by atoms with Gasteiger partial charge in [-0.15, -0.1) is 0 Å². The van der Waals surface area contributed by atoms with Crippen LogP contribution >= 0.6 is 0 Å². The van der Waals surface area contributed by atoms with Crippen molar-refractivity contribution in [3.8, 4) is 0 Å². The molecule has 1 atom stereocenters. The van der Waals surface area contributed by atoms with E-state index in [1.54, 1.807) is 0 Å². The maximum atomic E-state index is 13.0. The van der Waals surface area contributed by atoms with E-state index in [1.807, 2.05) is 43.0 Å². The second kappa shape index (κ2) is 5.51. The van der Waals surface area contributed by atoms with Gasteiger partial charge in [-0.3, -0.25) is 9.59 Å². The van der Waals surface area contributed by atoms with Crippen LogP contribution in [0, 0.1) is 5.92 Å². The normalized spacial score (nSPS) is 23.2. The summed E-state index contributed by atoms with van der Waals surface area (Å²) in [6.45, 7) is 3.96. The van der Waals surface area contributed by atoms with Gasteiger partial charge < -0.3 is 10.2 Å². The molecular weight excluding hydrogens is 264 g/mol. The molecule has 1 N–H and O–H groups in total. The Kier molecular flexibility index (Phi) is 3.70. The van der Waals surface area contributed by atoms with Gasteiger partial charge >= 0.3 is 0 Å². The summed E-state index contributed by atoms with van der Waals surface area (Å²) in [6.07, 6.45) is 4.37. The Morgan fingerprint density at radius 1 is 1.14 bits per heavy atom. The standard InChI is InChI=1S/C17H22N2O2/c1-11(2)15-17(21)19(12-7-3-4-8-12)14-10-6-5-9-13(14)16(20)18-15/h5-6,9-12,15H,3-4,7-8H2,1-2H3,(H,18,20). The maximum Gasteiger partial charge on any atom is 0.254 e. The van der Waals surface area contributed by atoms with Crippen LogP contribution in [0.5, 0.6) is 0 Å². The van der Waals surface area contributed by atoms with Gasteiger partial charge in [0.2, 0.25) is 5.91 Å². The highest BCUT2D eigenvalue weighted by Crippen LogP contribution is 2.33. The van der Waals surface area contributed by atoms with Crippen molar-refractivity contribution in [3.05, 3.63) is 29.8 Å². The minimum atomic E-state index is -0.439. The fourth-order valence-corrected chi connectivity index (χ4v) is 3.42. The van der Waals surface area contributed by atoms with Crippen molar-refractivity contribution >= 4 is 17.5 Å². The number of carbonyl (C=O) groups excluding carboxylic acids is 2. The minimum absolute atomic E-state index is 0.0372. The van der Waals surface area contributed by atoms with E-state index in [0.717, 1.165) is 31.4 Å². The van der Waals surface area contributed by atoms with Gasteiger partial charge in [0.05, 0.1) is 11.3 Å². The molecule has 21 heavy (non-hydrogen) atoms. The number of hydrogen-bond donors (Lipinski definition) is 1. The highest BCUT2D eigenvalue weighted by molar-refractivity contribution is 6.11. The first kappa shape index (κ1) is 14.1. The van der Waals surface area contributed by atoms with Crippen molar-refractivity contribution in [2.75, 3.05) is 4.90 Å². The zero-order chi connectivity index (χ0) is 15.0. The molecule has 0 aromatic heterocycles. The first-order valence-corrected chi connectivity index (χ1v) is 7.82. The molecule has 3 rings (SSSR count). The van der Waals surface area contributed by atoms with E-state index >= 15 is 0 Å². The smallest absolute Gasteiger partial charge is 0.254 e. The highest BCUT2D eigenvalue weighted by atomic mass is 16.2. The third-order valence-corrected chi connectivity index (χ3v) is 4.55. The molecule has 0 saturated heterocycles. The number of nitrogens with one attached hydrogen (secondary N) is 1. The summed E-state index contributed by atoms with van der Waals surface area (Å²) in [5, 5.41) is 2.91. The summed E-state index contributed by atoms with van der Waals surface area (Å²) in [5.41, 5.74) is 1.39. The van der Waals surface area contributed by atoms with Crippen LogP contribution < -0.4 is 10.2 Å². The molecule has 1 saturated carbocycles. The van der Waals surface area contributed by atoms with Crippen LogP contribution in [0.15, 0.2) is 24.3 Å². The van der Waals surface area contributed by atoms with Gasteiger partial charge in [0.1, 0.15) is 6.04 Å². The summed E-state index contributed by atoms with van der Waals surface area (Å²) in [6, 6.07) is 7.25. The molecule has 0 spiro atoms. The van der Waals surface area contributed by atoms with E-state index in [9.17, 15) is 9.59 Å². The molecule has 0 bridgehead atoms. The van der Waals surface area contributed by atoms with Crippen LogP contribution in [0.1, 0.15) is 49.9 Å². The second-order valence-electron chi connectivity index (χ2n) is 6.36. The number of benzene rings is 1. The highest BCUT2D eigenvalue weighted by Gasteiger charge is 2.39. The molecule has 112 valence electrons. The van der Waals surface area contributed by atoms with Crippen molar-refractivity contribution < 1.29 is 9.59 Å². The van der Waals surface area contributed by atoms with Gasteiger partial charge in [-0.25, -0.2) is 0 Å². The van der Waals surface area contributed by atoms with Gasteiger partial charge in [-0.2, -0.15) is 0 Å². The molecule has 1 aliphatic carbocycles. The number of anilines is 1. The molecule has 4 nitrogen and oxygen atoms in total. The lowest BCUT2D eigenvalue weighted by Gasteiger charge is -2.31. The van der Waals surface area contributed by atoms with E-state index in [0.29, 0.717) is 5.56 Å². The van der Waals surface area contributed by atoms with Crippen LogP contribution in [0.25, 0.3) is 0 Å². The predicted molar refractivity (Wildman–Crippen MR) is 82.3 cm³/mol. The van der Waals surface area contributed by atoms with Gasteiger partial charge in [-0.1, -0.05) is 38.8 Å². The Bertz CT molecular complexity index is 562. The number of rotatable bonds is 2. The van der Waals surface area contributed by atoms with E-state index in [-0.39, 0.29) is 23.8 Å². The molecule has 4 heteroatoms. The van der Waals surface area contributed by atoms with Crippen molar-refractivity contribution in [1.29, 1.82) is 0 Å². The van der Waals surface area contributed by atoms with E-state index < -0.39 is 6.04 Å². The Hall–Kier alpha value is -1.84. The average Bonchev–Trinajstić information content (AvgIpc) is 2.95. The monoisotopic (exact) mass is 286 g/mol. The molecule has 0 radical (unpaired) electrons. The van der Waals surface area contributed by atoms with E-state index in [2.05, 4.69) is 5.32 Å².